The van der Waals surface area contributed by atoms with Crippen LogP contribution in [0.2, 0.25) is 0 Å². The normalized spacial score (nSPS) is 8.17. The van der Waals surface area contributed by atoms with E-state index in [4.69, 9.17) is 0 Å². The maximum Gasteiger partial charge on any atom is 0.0601 e. The molecule has 0 amide bonds. The van der Waals surface area contributed by atoms with Gasteiger partial charge in [-0.1, -0.05) is 40.5 Å². The fraction of sp³-hybridized carbons (Fsp3) is 0.818. The van der Waals surface area contributed by atoms with Crippen molar-refractivity contribution in [1.82, 2.24) is 4.90 Å². The first-order valence-electron chi connectivity index (χ1n) is 5.03. The quantitative estimate of drug-likeness (QED) is 0.587. The topological polar surface area (TPSA) is 3.24 Å². The van der Waals surface area contributed by atoms with E-state index in [1.807, 2.05) is 13.8 Å². The molecule has 0 bridgehead atoms. The highest BCUT2D eigenvalue weighted by atomic mass is 15.1. The molecule has 0 aromatic heterocycles. The van der Waals surface area contributed by atoms with Crippen LogP contribution in [0.3, 0.4) is 0 Å². The van der Waals surface area contributed by atoms with E-state index in [9.17, 15) is 0 Å². The molecule has 0 fully saturated rings. The van der Waals surface area contributed by atoms with E-state index in [-0.39, 0.29) is 0 Å². The summed E-state index contributed by atoms with van der Waals surface area (Å²) in [4.78, 5) is 2.31. The van der Waals surface area contributed by atoms with Crippen LogP contribution in [0.4, 0.5) is 0 Å². The molecule has 0 unspecified atom stereocenters. The minimum atomic E-state index is 0.931. The van der Waals surface area contributed by atoms with Gasteiger partial charge in [0.2, 0.25) is 0 Å². The van der Waals surface area contributed by atoms with Crippen LogP contribution in [-0.4, -0.2) is 24.5 Å². The Labute approximate surface area is 78.2 Å². The van der Waals surface area contributed by atoms with Gasteiger partial charge in [0.15, 0.2) is 0 Å². The van der Waals surface area contributed by atoms with Gasteiger partial charge in [0.1, 0.15) is 0 Å². The lowest BCUT2D eigenvalue weighted by Crippen LogP contribution is -2.22. The number of nitrogens with zero attached hydrogens (tertiary/aromatic N) is 1. The Morgan fingerprint density at radius 1 is 0.917 bits per heavy atom. The Hall–Kier alpha value is -0.480. The second-order valence-electron chi connectivity index (χ2n) is 2.17. The largest absolute Gasteiger partial charge is 0.293 e. The SMILES string of the molecule is CC.CCC#CCN(CC)CC. The van der Waals surface area contributed by atoms with Gasteiger partial charge in [0.05, 0.1) is 6.54 Å². The zero-order valence-corrected chi connectivity index (χ0v) is 9.28. The summed E-state index contributed by atoms with van der Waals surface area (Å²) in [5, 5.41) is 0. The van der Waals surface area contributed by atoms with E-state index < -0.39 is 0 Å². The van der Waals surface area contributed by atoms with Crippen molar-refractivity contribution in [3.8, 4) is 11.8 Å². The van der Waals surface area contributed by atoms with Crippen molar-refractivity contribution >= 4 is 0 Å². The molecule has 0 aliphatic heterocycles. The minimum Gasteiger partial charge on any atom is -0.293 e. The molecule has 0 atom stereocenters. The van der Waals surface area contributed by atoms with Gasteiger partial charge in [-0.25, -0.2) is 0 Å². The summed E-state index contributed by atoms with van der Waals surface area (Å²) in [5.74, 6) is 6.17. The highest BCUT2D eigenvalue weighted by molar-refractivity contribution is 4.99. The Bertz CT molecular complexity index is 115. The lowest BCUT2D eigenvalue weighted by molar-refractivity contribution is 0.342. The summed E-state index contributed by atoms with van der Waals surface area (Å²) in [6.45, 7) is 13.5. The first kappa shape index (κ1) is 14.1. The van der Waals surface area contributed by atoms with Crippen LogP contribution in [0.15, 0.2) is 0 Å². The summed E-state index contributed by atoms with van der Waals surface area (Å²) >= 11 is 0. The van der Waals surface area contributed by atoms with Crippen molar-refractivity contribution in [2.24, 2.45) is 0 Å². The molecule has 0 rings (SSSR count). The zero-order chi connectivity index (χ0) is 9.82. The van der Waals surface area contributed by atoms with Gasteiger partial charge in [-0.3, -0.25) is 4.90 Å². The molecular formula is C11H23N. The Morgan fingerprint density at radius 3 is 1.75 bits per heavy atom. The van der Waals surface area contributed by atoms with Gasteiger partial charge in [-0.05, 0) is 13.1 Å². The van der Waals surface area contributed by atoms with E-state index >= 15 is 0 Å². The van der Waals surface area contributed by atoms with Gasteiger partial charge >= 0.3 is 0 Å². The molecule has 0 aliphatic rings. The zero-order valence-electron chi connectivity index (χ0n) is 9.28. The average Bonchev–Trinajstić information content (AvgIpc) is 2.16. The lowest BCUT2D eigenvalue weighted by atomic mass is 10.4. The average molecular weight is 169 g/mol. The third-order valence-electron chi connectivity index (χ3n) is 1.50. The van der Waals surface area contributed by atoms with Crippen LogP contribution < -0.4 is 0 Å². The van der Waals surface area contributed by atoms with Crippen LogP contribution in [0.5, 0.6) is 0 Å². The third kappa shape index (κ3) is 9.52. The van der Waals surface area contributed by atoms with Crippen LogP contribution >= 0.6 is 0 Å². The Kier molecular flexibility index (Phi) is 15.4. The molecule has 72 valence electrons. The third-order valence-corrected chi connectivity index (χ3v) is 1.50. The van der Waals surface area contributed by atoms with Gasteiger partial charge in [-0.15, -0.1) is 5.92 Å². The minimum absolute atomic E-state index is 0.931. The summed E-state index contributed by atoms with van der Waals surface area (Å²) in [6.07, 6.45) is 0.973. The Morgan fingerprint density at radius 2 is 1.42 bits per heavy atom. The van der Waals surface area contributed by atoms with E-state index in [2.05, 4.69) is 37.5 Å². The van der Waals surface area contributed by atoms with E-state index in [0.29, 0.717) is 0 Å². The van der Waals surface area contributed by atoms with Gasteiger partial charge in [-0.2, -0.15) is 0 Å². The van der Waals surface area contributed by atoms with Crippen molar-refractivity contribution in [2.75, 3.05) is 19.6 Å². The molecule has 12 heavy (non-hydrogen) atoms. The molecule has 0 aromatic rings. The lowest BCUT2D eigenvalue weighted by Gasteiger charge is -2.12. The molecule has 1 nitrogen and oxygen atoms in total. The fourth-order valence-corrected chi connectivity index (χ4v) is 0.740. The molecule has 0 saturated carbocycles. The molecule has 0 aromatic carbocycles. The molecule has 0 N–H and O–H groups in total. The van der Waals surface area contributed by atoms with Crippen LogP contribution in [0.25, 0.3) is 0 Å². The number of hydrogen-bond donors (Lipinski definition) is 0. The van der Waals surface area contributed by atoms with Crippen molar-refractivity contribution < 1.29 is 0 Å². The molecule has 0 aliphatic carbocycles. The van der Waals surface area contributed by atoms with Crippen molar-refractivity contribution in [3.05, 3.63) is 0 Å². The van der Waals surface area contributed by atoms with Crippen LogP contribution in [0.1, 0.15) is 41.0 Å². The maximum absolute atomic E-state index is 3.11. The Balaban J connectivity index is 0. The van der Waals surface area contributed by atoms with Crippen molar-refractivity contribution in [3.63, 3.8) is 0 Å². The smallest absolute Gasteiger partial charge is 0.0601 e. The van der Waals surface area contributed by atoms with Gasteiger partial charge in [0.25, 0.3) is 0 Å². The summed E-state index contributed by atoms with van der Waals surface area (Å²) < 4.78 is 0. The monoisotopic (exact) mass is 169 g/mol. The first-order valence-corrected chi connectivity index (χ1v) is 5.03. The summed E-state index contributed by atoms with van der Waals surface area (Å²) in [6, 6.07) is 0. The maximum atomic E-state index is 3.11. The fourth-order valence-electron chi connectivity index (χ4n) is 0.740. The highest BCUT2D eigenvalue weighted by Gasteiger charge is 1.92. The molecule has 0 saturated heterocycles. The van der Waals surface area contributed by atoms with E-state index in [1.54, 1.807) is 0 Å². The second kappa shape index (κ2) is 13.1. The predicted octanol–water partition coefficient (Wildman–Crippen LogP) is 2.77. The van der Waals surface area contributed by atoms with Gasteiger partial charge in [0, 0.05) is 6.42 Å². The van der Waals surface area contributed by atoms with Gasteiger partial charge < -0.3 is 0 Å². The van der Waals surface area contributed by atoms with Crippen LogP contribution in [-0.2, 0) is 0 Å². The summed E-state index contributed by atoms with van der Waals surface area (Å²) in [7, 11) is 0. The molecule has 0 heterocycles. The first-order chi connectivity index (χ1) is 5.85. The highest BCUT2D eigenvalue weighted by Crippen LogP contribution is 1.83. The molecular weight excluding hydrogens is 146 g/mol. The predicted molar refractivity (Wildman–Crippen MR) is 57.2 cm³/mol. The van der Waals surface area contributed by atoms with E-state index in [0.717, 1.165) is 26.1 Å². The molecule has 0 radical (unpaired) electrons. The van der Waals surface area contributed by atoms with E-state index in [1.165, 1.54) is 0 Å². The molecule has 1 heteroatoms. The second-order valence-corrected chi connectivity index (χ2v) is 2.17. The standard InChI is InChI=1S/C9H17N.C2H6/c1-4-7-8-9-10(5-2)6-3;1-2/h4-6,9H2,1-3H3;1-2H3. The number of rotatable bonds is 3. The van der Waals surface area contributed by atoms with Crippen molar-refractivity contribution in [1.29, 1.82) is 0 Å². The summed E-state index contributed by atoms with van der Waals surface area (Å²) in [5.41, 5.74) is 0. The number of hydrogen-bond acceptors (Lipinski definition) is 1. The van der Waals surface area contributed by atoms with Crippen LogP contribution in [0, 0.1) is 11.8 Å². The molecule has 0 spiro atoms. The van der Waals surface area contributed by atoms with Crippen molar-refractivity contribution in [2.45, 2.75) is 41.0 Å².